The van der Waals surface area contributed by atoms with Gasteiger partial charge in [0.15, 0.2) is 0 Å². The lowest BCUT2D eigenvalue weighted by Crippen LogP contribution is -2.34. The molecule has 2 amide bonds. The van der Waals surface area contributed by atoms with Gasteiger partial charge in [-0.3, -0.25) is 9.59 Å². The Balaban J connectivity index is 1.92. The first kappa shape index (κ1) is 17.7. The summed E-state index contributed by atoms with van der Waals surface area (Å²) in [6.07, 6.45) is 0. The summed E-state index contributed by atoms with van der Waals surface area (Å²) >= 11 is 0. The number of carbonyl (C=O) groups excluding carboxylic acids is 2. The number of likely N-dealkylation sites (N-methyl/N-ethyl adjacent to an activating group) is 1. The highest BCUT2D eigenvalue weighted by molar-refractivity contribution is 5.99. The van der Waals surface area contributed by atoms with E-state index in [-0.39, 0.29) is 18.4 Å². The Hall–Kier alpha value is -2.66. The van der Waals surface area contributed by atoms with Crippen molar-refractivity contribution in [1.82, 2.24) is 4.90 Å². The zero-order valence-corrected chi connectivity index (χ0v) is 14.2. The third-order valence-corrected chi connectivity index (χ3v) is 3.57. The third-order valence-electron chi connectivity index (χ3n) is 3.57. The van der Waals surface area contributed by atoms with Gasteiger partial charge in [0.05, 0.1) is 13.2 Å². The Morgan fingerprint density at radius 2 is 1.67 bits per heavy atom. The monoisotopic (exact) mass is 326 g/mol. The van der Waals surface area contributed by atoms with E-state index in [9.17, 15) is 9.59 Å². The van der Waals surface area contributed by atoms with Crippen molar-refractivity contribution in [2.75, 3.05) is 26.0 Å². The van der Waals surface area contributed by atoms with Crippen LogP contribution in [0.2, 0.25) is 0 Å². The lowest BCUT2D eigenvalue weighted by Gasteiger charge is -2.17. The Kier molecular flexibility index (Phi) is 6.09. The van der Waals surface area contributed by atoms with Crippen molar-refractivity contribution in [2.24, 2.45) is 0 Å². The molecule has 0 radical (unpaired) electrons. The quantitative estimate of drug-likeness (QED) is 0.888. The van der Waals surface area contributed by atoms with E-state index in [1.165, 1.54) is 4.90 Å². The molecule has 0 saturated carbocycles. The van der Waals surface area contributed by atoms with Crippen molar-refractivity contribution in [3.63, 3.8) is 0 Å². The molecule has 0 aliphatic carbocycles. The van der Waals surface area contributed by atoms with Gasteiger partial charge in [0, 0.05) is 25.4 Å². The molecule has 0 aromatic heterocycles. The number of hydrogen-bond acceptors (Lipinski definition) is 3. The minimum absolute atomic E-state index is 0.00741. The second kappa shape index (κ2) is 8.26. The van der Waals surface area contributed by atoms with Crippen molar-refractivity contribution in [3.8, 4) is 0 Å². The van der Waals surface area contributed by atoms with Crippen LogP contribution in [-0.2, 0) is 16.1 Å². The molecule has 0 aliphatic rings. The Bertz CT molecular complexity index is 694. The first-order chi connectivity index (χ1) is 11.5. The van der Waals surface area contributed by atoms with Crippen molar-refractivity contribution in [1.29, 1.82) is 0 Å². The van der Waals surface area contributed by atoms with Crippen LogP contribution in [0.25, 0.3) is 0 Å². The van der Waals surface area contributed by atoms with E-state index in [1.807, 2.05) is 43.3 Å². The normalized spacial score (nSPS) is 10.3. The summed E-state index contributed by atoms with van der Waals surface area (Å²) in [6.45, 7) is 2.48. The van der Waals surface area contributed by atoms with Crippen LogP contribution in [0.15, 0.2) is 48.5 Å². The van der Waals surface area contributed by atoms with Crippen LogP contribution in [0.5, 0.6) is 0 Å². The van der Waals surface area contributed by atoms with Crippen molar-refractivity contribution >= 4 is 17.5 Å². The maximum Gasteiger partial charge on any atom is 0.254 e. The van der Waals surface area contributed by atoms with Crippen LogP contribution >= 0.6 is 0 Å². The number of nitrogens with zero attached hydrogens (tertiary/aromatic N) is 1. The largest absolute Gasteiger partial charge is 0.380 e. The van der Waals surface area contributed by atoms with Crippen LogP contribution < -0.4 is 5.32 Å². The lowest BCUT2D eigenvalue weighted by atomic mass is 10.1. The first-order valence-electron chi connectivity index (χ1n) is 7.69. The van der Waals surface area contributed by atoms with Gasteiger partial charge in [-0.25, -0.2) is 0 Å². The van der Waals surface area contributed by atoms with Gasteiger partial charge in [-0.1, -0.05) is 29.8 Å². The van der Waals surface area contributed by atoms with Crippen LogP contribution in [0.3, 0.4) is 0 Å². The molecule has 0 spiro atoms. The average molecular weight is 326 g/mol. The van der Waals surface area contributed by atoms with E-state index < -0.39 is 0 Å². The van der Waals surface area contributed by atoms with E-state index in [4.69, 9.17) is 4.74 Å². The van der Waals surface area contributed by atoms with E-state index in [2.05, 4.69) is 5.32 Å². The number of rotatable bonds is 6. The molecule has 0 fully saturated rings. The minimum Gasteiger partial charge on any atom is -0.380 e. The molecular weight excluding hydrogens is 304 g/mol. The molecule has 126 valence electrons. The molecule has 0 atom stereocenters. The molecule has 2 aromatic carbocycles. The maximum atomic E-state index is 12.4. The zero-order chi connectivity index (χ0) is 17.5. The van der Waals surface area contributed by atoms with Crippen LogP contribution in [-0.4, -0.2) is 37.4 Å². The number of benzene rings is 2. The molecular formula is C19H22N2O3. The molecule has 0 bridgehead atoms. The van der Waals surface area contributed by atoms with Crippen molar-refractivity contribution in [3.05, 3.63) is 65.2 Å². The highest BCUT2D eigenvalue weighted by Crippen LogP contribution is 2.10. The number of anilines is 1. The summed E-state index contributed by atoms with van der Waals surface area (Å²) in [5.41, 5.74) is 3.38. The molecule has 0 saturated heterocycles. The van der Waals surface area contributed by atoms with Crippen molar-refractivity contribution in [2.45, 2.75) is 13.5 Å². The number of methoxy groups -OCH3 is 1. The van der Waals surface area contributed by atoms with E-state index >= 15 is 0 Å². The van der Waals surface area contributed by atoms with Crippen LogP contribution in [0, 0.1) is 6.92 Å². The molecule has 0 heterocycles. The third kappa shape index (κ3) is 4.93. The summed E-state index contributed by atoms with van der Waals surface area (Å²) in [5, 5.41) is 2.78. The van der Waals surface area contributed by atoms with Gasteiger partial charge in [0.2, 0.25) is 5.91 Å². The maximum absolute atomic E-state index is 12.4. The predicted molar refractivity (Wildman–Crippen MR) is 93.9 cm³/mol. The van der Waals surface area contributed by atoms with E-state index in [1.54, 1.807) is 26.3 Å². The number of ether oxygens (including phenoxy) is 1. The molecule has 0 aliphatic heterocycles. The fourth-order valence-electron chi connectivity index (χ4n) is 2.26. The molecule has 2 aromatic rings. The molecule has 1 N–H and O–H groups in total. The van der Waals surface area contributed by atoms with Gasteiger partial charge < -0.3 is 15.0 Å². The summed E-state index contributed by atoms with van der Waals surface area (Å²) in [6, 6.07) is 14.7. The summed E-state index contributed by atoms with van der Waals surface area (Å²) in [5.74, 6) is -0.427. The fourth-order valence-corrected chi connectivity index (χ4v) is 2.26. The van der Waals surface area contributed by atoms with Gasteiger partial charge in [-0.15, -0.1) is 0 Å². The Labute approximate surface area is 142 Å². The molecule has 5 heteroatoms. The average Bonchev–Trinajstić information content (AvgIpc) is 2.57. The number of aryl methyl sites for hydroxylation is 1. The second-order valence-electron chi connectivity index (χ2n) is 5.71. The second-order valence-corrected chi connectivity index (χ2v) is 5.71. The van der Waals surface area contributed by atoms with Crippen molar-refractivity contribution < 1.29 is 14.3 Å². The standard InChI is InChI=1S/C19H22N2O3/c1-14-4-10-17(11-5-14)20-18(22)12-21(2)19(23)16-8-6-15(7-9-16)13-24-3/h4-11H,12-13H2,1-3H3,(H,20,22). The fraction of sp³-hybridized carbons (Fsp3) is 0.263. The van der Waals surface area contributed by atoms with Gasteiger partial charge in [0.25, 0.3) is 5.91 Å². The predicted octanol–water partition coefficient (Wildman–Crippen LogP) is 2.85. The summed E-state index contributed by atoms with van der Waals surface area (Å²) in [4.78, 5) is 25.8. The van der Waals surface area contributed by atoms with Crippen LogP contribution in [0.4, 0.5) is 5.69 Å². The number of hydrogen-bond donors (Lipinski definition) is 1. The molecule has 5 nitrogen and oxygen atoms in total. The van der Waals surface area contributed by atoms with E-state index in [0.717, 1.165) is 16.8 Å². The van der Waals surface area contributed by atoms with E-state index in [0.29, 0.717) is 12.2 Å². The van der Waals surface area contributed by atoms with Gasteiger partial charge in [-0.2, -0.15) is 0 Å². The highest BCUT2D eigenvalue weighted by Gasteiger charge is 2.15. The molecule has 2 rings (SSSR count). The van der Waals surface area contributed by atoms with Gasteiger partial charge in [0.1, 0.15) is 0 Å². The first-order valence-corrected chi connectivity index (χ1v) is 7.69. The minimum atomic E-state index is -0.231. The number of nitrogens with one attached hydrogen (secondary N) is 1. The molecule has 24 heavy (non-hydrogen) atoms. The summed E-state index contributed by atoms with van der Waals surface area (Å²) < 4.78 is 5.04. The van der Waals surface area contributed by atoms with Gasteiger partial charge >= 0.3 is 0 Å². The zero-order valence-electron chi connectivity index (χ0n) is 14.2. The van der Waals surface area contributed by atoms with Crippen LogP contribution in [0.1, 0.15) is 21.5 Å². The smallest absolute Gasteiger partial charge is 0.254 e. The topological polar surface area (TPSA) is 58.6 Å². The number of carbonyl (C=O) groups is 2. The SMILES string of the molecule is COCc1ccc(C(=O)N(C)CC(=O)Nc2ccc(C)cc2)cc1. The van der Waals surface area contributed by atoms with Gasteiger partial charge in [-0.05, 0) is 36.8 Å². The lowest BCUT2D eigenvalue weighted by molar-refractivity contribution is -0.116. The highest BCUT2D eigenvalue weighted by atomic mass is 16.5. The molecule has 0 unspecified atom stereocenters. The summed E-state index contributed by atoms with van der Waals surface area (Å²) in [7, 11) is 3.24. The Morgan fingerprint density at radius 1 is 1.04 bits per heavy atom. The number of amides is 2. The Morgan fingerprint density at radius 3 is 2.25 bits per heavy atom.